The number of rotatable bonds is 4. The molecule has 2 rings (SSSR count). The van der Waals surface area contributed by atoms with Gasteiger partial charge in [0, 0.05) is 25.7 Å². The third kappa shape index (κ3) is 3.81. The minimum Gasteiger partial charge on any atom is -0.477 e. The number of nitrogens with one attached hydrogen (secondary N) is 4. The minimum absolute atomic E-state index is 0.0352. The smallest absolute Gasteiger partial charge is 0.352 e. The van der Waals surface area contributed by atoms with Gasteiger partial charge in [-0.1, -0.05) is 0 Å². The number of anilines is 2. The Morgan fingerprint density at radius 1 is 1.26 bits per heavy atom. The van der Waals surface area contributed by atoms with Crippen LogP contribution in [-0.4, -0.2) is 45.0 Å². The van der Waals surface area contributed by atoms with Crippen LogP contribution in [0.3, 0.4) is 0 Å². The van der Waals surface area contributed by atoms with Crippen LogP contribution in [0.25, 0.3) is 11.3 Å². The highest BCUT2D eigenvalue weighted by atomic mass is 16.4. The van der Waals surface area contributed by atoms with E-state index in [1.807, 2.05) is 0 Å². The van der Waals surface area contributed by atoms with Crippen LogP contribution < -0.4 is 16.0 Å². The average Bonchev–Trinajstić information content (AvgIpc) is 2.98. The van der Waals surface area contributed by atoms with Crippen molar-refractivity contribution >= 4 is 29.5 Å². The minimum atomic E-state index is -1.13. The Morgan fingerprint density at radius 2 is 2.00 bits per heavy atom. The van der Waals surface area contributed by atoms with E-state index in [4.69, 9.17) is 5.11 Å². The summed E-state index contributed by atoms with van der Waals surface area (Å²) in [6, 6.07) is 0.869. The molecule has 0 radical (unpaired) electrons. The number of urea groups is 1. The van der Waals surface area contributed by atoms with E-state index in [1.165, 1.54) is 32.4 Å². The number of amides is 3. The van der Waals surface area contributed by atoms with E-state index in [1.54, 1.807) is 0 Å². The first-order valence-electron chi connectivity index (χ1n) is 6.46. The standard InChI is InChI=1S/C13H14N6O4/c1-6(20)17-12-16-5-9(18-13(23)14-2)10(19-12)7-3-8(11(21)22)15-4-7/h3-5,15H,1-2H3,(H,21,22)(H2,14,18,23)(H,16,17,19,20). The summed E-state index contributed by atoms with van der Waals surface area (Å²) in [6.07, 6.45) is 2.74. The van der Waals surface area contributed by atoms with E-state index < -0.39 is 12.0 Å². The molecule has 0 aliphatic carbocycles. The van der Waals surface area contributed by atoms with Gasteiger partial charge in [-0.05, 0) is 6.07 Å². The molecular formula is C13H14N6O4. The van der Waals surface area contributed by atoms with Gasteiger partial charge in [0.1, 0.15) is 11.4 Å². The van der Waals surface area contributed by atoms with E-state index in [0.717, 1.165) is 0 Å². The molecule has 0 saturated carbocycles. The molecule has 0 aliphatic heterocycles. The Bertz CT molecular complexity index is 770. The summed E-state index contributed by atoms with van der Waals surface area (Å²) in [5.74, 6) is -1.45. The first kappa shape index (κ1) is 15.9. The summed E-state index contributed by atoms with van der Waals surface area (Å²) in [6.45, 7) is 1.30. The second-order valence-corrected chi connectivity index (χ2v) is 4.45. The quantitative estimate of drug-likeness (QED) is 0.565. The second-order valence-electron chi connectivity index (χ2n) is 4.45. The van der Waals surface area contributed by atoms with Crippen molar-refractivity contribution in [3.63, 3.8) is 0 Å². The largest absolute Gasteiger partial charge is 0.477 e. The number of hydrogen-bond acceptors (Lipinski definition) is 5. The molecule has 23 heavy (non-hydrogen) atoms. The molecule has 0 atom stereocenters. The molecule has 2 aromatic rings. The van der Waals surface area contributed by atoms with E-state index >= 15 is 0 Å². The van der Waals surface area contributed by atoms with E-state index in [0.29, 0.717) is 5.56 Å². The predicted molar refractivity (Wildman–Crippen MR) is 81.2 cm³/mol. The van der Waals surface area contributed by atoms with E-state index in [-0.39, 0.29) is 28.9 Å². The van der Waals surface area contributed by atoms with Gasteiger partial charge in [-0.25, -0.2) is 19.6 Å². The van der Waals surface area contributed by atoms with Crippen molar-refractivity contribution in [3.8, 4) is 11.3 Å². The molecule has 3 amide bonds. The number of aromatic carboxylic acids is 1. The molecule has 2 aromatic heterocycles. The molecule has 120 valence electrons. The fourth-order valence-electron chi connectivity index (χ4n) is 1.75. The third-order valence-corrected chi connectivity index (χ3v) is 2.74. The van der Waals surface area contributed by atoms with Crippen LogP contribution in [0.1, 0.15) is 17.4 Å². The molecule has 0 fully saturated rings. The topological polar surface area (TPSA) is 149 Å². The van der Waals surface area contributed by atoms with Gasteiger partial charge in [-0.3, -0.25) is 10.1 Å². The van der Waals surface area contributed by atoms with Gasteiger partial charge < -0.3 is 20.7 Å². The lowest BCUT2D eigenvalue weighted by atomic mass is 10.2. The van der Waals surface area contributed by atoms with Crippen LogP contribution in [0.2, 0.25) is 0 Å². The zero-order valence-corrected chi connectivity index (χ0v) is 12.3. The van der Waals surface area contributed by atoms with Crippen molar-refractivity contribution in [1.29, 1.82) is 0 Å². The van der Waals surface area contributed by atoms with Gasteiger partial charge in [-0.15, -0.1) is 0 Å². The lowest BCUT2D eigenvalue weighted by Crippen LogP contribution is -2.25. The molecule has 0 aliphatic rings. The molecular weight excluding hydrogens is 304 g/mol. The van der Waals surface area contributed by atoms with Crippen molar-refractivity contribution < 1.29 is 19.5 Å². The van der Waals surface area contributed by atoms with Crippen LogP contribution in [0.15, 0.2) is 18.5 Å². The number of carboxylic acid groups (broad SMARTS) is 1. The monoisotopic (exact) mass is 318 g/mol. The molecule has 0 spiro atoms. The Balaban J connectivity index is 2.47. The Morgan fingerprint density at radius 3 is 2.57 bits per heavy atom. The summed E-state index contributed by atoms with van der Waals surface area (Å²) >= 11 is 0. The first-order chi connectivity index (χ1) is 10.9. The second kappa shape index (κ2) is 6.56. The summed E-state index contributed by atoms with van der Waals surface area (Å²) in [4.78, 5) is 44.2. The van der Waals surface area contributed by atoms with Crippen molar-refractivity contribution in [2.24, 2.45) is 0 Å². The lowest BCUT2D eigenvalue weighted by Gasteiger charge is -2.10. The predicted octanol–water partition coefficient (Wildman–Crippen LogP) is 0.880. The molecule has 10 nitrogen and oxygen atoms in total. The maximum absolute atomic E-state index is 11.5. The Labute approximate surface area is 130 Å². The van der Waals surface area contributed by atoms with Gasteiger partial charge >= 0.3 is 12.0 Å². The van der Waals surface area contributed by atoms with Crippen molar-refractivity contribution in [1.82, 2.24) is 20.3 Å². The molecule has 0 unspecified atom stereocenters. The maximum Gasteiger partial charge on any atom is 0.352 e. The van der Waals surface area contributed by atoms with Gasteiger partial charge in [0.05, 0.1) is 11.9 Å². The molecule has 0 aromatic carbocycles. The van der Waals surface area contributed by atoms with Crippen molar-refractivity contribution in [3.05, 3.63) is 24.2 Å². The maximum atomic E-state index is 11.5. The fourth-order valence-corrected chi connectivity index (χ4v) is 1.75. The zero-order chi connectivity index (χ0) is 17.0. The number of carbonyl (C=O) groups excluding carboxylic acids is 2. The third-order valence-electron chi connectivity index (χ3n) is 2.74. The van der Waals surface area contributed by atoms with Crippen LogP contribution in [0.4, 0.5) is 16.4 Å². The van der Waals surface area contributed by atoms with Crippen LogP contribution in [0, 0.1) is 0 Å². The van der Waals surface area contributed by atoms with Crippen LogP contribution >= 0.6 is 0 Å². The summed E-state index contributed by atoms with van der Waals surface area (Å²) < 4.78 is 0. The van der Waals surface area contributed by atoms with Gasteiger partial charge in [0.2, 0.25) is 11.9 Å². The molecule has 2 heterocycles. The highest BCUT2D eigenvalue weighted by Crippen LogP contribution is 2.27. The zero-order valence-electron chi connectivity index (χ0n) is 12.3. The molecule has 0 bridgehead atoms. The molecule has 10 heteroatoms. The Hall–Kier alpha value is -3.43. The van der Waals surface area contributed by atoms with Crippen LogP contribution in [0.5, 0.6) is 0 Å². The fraction of sp³-hybridized carbons (Fsp3) is 0.154. The Kier molecular flexibility index (Phi) is 4.55. The summed E-state index contributed by atoms with van der Waals surface area (Å²) in [7, 11) is 1.44. The van der Waals surface area contributed by atoms with Gasteiger partial charge in [-0.2, -0.15) is 0 Å². The first-order valence-corrected chi connectivity index (χ1v) is 6.46. The molecule has 0 saturated heterocycles. The SMILES string of the molecule is CNC(=O)Nc1cnc(NC(C)=O)nc1-c1c[nH]c(C(=O)O)c1. The van der Waals surface area contributed by atoms with E-state index in [9.17, 15) is 14.4 Å². The number of carbonyl (C=O) groups is 3. The van der Waals surface area contributed by atoms with Gasteiger partial charge in [0.15, 0.2) is 0 Å². The number of aromatic nitrogens is 3. The number of H-pyrrole nitrogens is 1. The lowest BCUT2D eigenvalue weighted by molar-refractivity contribution is -0.114. The van der Waals surface area contributed by atoms with Crippen molar-refractivity contribution in [2.75, 3.05) is 17.7 Å². The highest BCUT2D eigenvalue weighted by molar-refractivity contribution is 5.95. The van der Waals surface area contributed by atoms with Crippen LogP contribution in [-0.2, 0) is 4.79 Å². The number of aromatic amines is 1. The van der Waals surface area contributed by atoms with E-state index in [2.05, 4.69) is 30.9 Å². The molecule has 5 N–H and O–H groups in total. The average molecular weight is 318 g/mol. The summed E-state index contributed by atoms with van der Waals surface area (Å²) in [5, 5.41) is 16.3. The number of nitrogens with zero attached hydrogens (tertiary/aromatic N) is 2. The number of carboxylic acids is 1. The highest BCUT2D eigenvalue weighted by Gasteiger charge is 2.15. The summed E-state index contributed by atoms with van der Waals surface area (Å²) in [5.41, 5.74) is 0.902. The number of hydrogen-bond donors (Lipinski definition) is 5. The van der Waals surface area contributed by atoms with Gasteiger partial charge in [0.25, 0.3) is 0 Å². The van der Waals surface area contributed by atoms with Crippen molar-refractivity contribution in [2.45, 2.75) is 6.92 Å². The normalized spacial score (nSPS) is 10.0.